The minimum Gasteiger partial charge on any atom is -0.459 e. The molecule has 0 N–H and O–H groups in total. The predicted octanol–water partition coefficient (Wildman–Crippen LogP) is 2.71. The second kappa shape index (κ2) is 5.44. The van der Waals surface area contributed by atoms with Crippen LogP contribution in [-0.4, -0.2) is 26.3 Å². The van der Waals surface area contributed by atoms with Gasteiger partial charge in [0.2, 0.25) is 0 Å². The summed E-state index contributed by atoms with van der Waals surface area (Å²) >= 11 is 2.26. The van der Waals surface area contributed by atoms with Crippen LogP contribution in [0.1, 0.15) is 26.5 Å². The highest BCUT2D eigenvalue weighted by Gasteiger charge is 2.18. The van der Waals surface area contributed by atoms with E-state index in [1.54, 1.807) is 17.1 Å². The summed E-state index contributed by atoms with van der Waals surface area (Å²) in [6.45, 7) is 5.66. The zero-order chi connectivity index (χ0) is 14.0. The number of alkyl halides is 1. The quantitative estimate of drug-likeness (QED) is 0.472. The summed E-state index contributed by atoms with van der Waals surface area (Å²) in [6.07, 6.45) is 3.46. The Bertz CT molecular complexity index is 601. The van der Waals surface area contributed by atoms with Gasteiger partial charge in [0.05, 0.1) is 17.4 Å². The van der Waals surface area contributed by atoms with Crippen molar-refractivity contribution in [2.45, 2.75) is 37.3 Å². The monoisotopic (exact) mass is 373 g/mol. The first-order chi connectivity index (χ1) is 8.90. The summed E-state index contributed by atoms with van der Waals surface area (Å²) < 4.78 is 7.76. The van der Waals surface area contributed by atoms with Crippen LogP contribution in [0.2, 0.25) is 0 Å². The molecule has 2 heterocycles. The zero-order valence-electron chi connectivity index (χ0n) is 11.2. The molecule has 5 nitrogen and oxygen atoms in total. The number of ether oxygens (including phenoxy) is 1. The number of pyridine rings is 1. The van der Waals surface area contributed by atoms with Gasteiger partial charge in [-0.25, -0.2) is 0 Å². The van der Waals surface area contributed by atoms with Gasteiger partial charge in [0.15, 0.2) is 0 Å². The number of aromatic nitrogens is 3. The molecule has 0 aliphatic carbocycles. The summed E-state index contributed by atoms with van der Waals surface area (Å²) in [4.78, 5) is 16.0. The van der Waals surface area contributed by atoms with Crippen LogP contribution in [0.25, 0.3) is 10.9 Å². The van der Waals surface area contributed by atoms with Gasteiger partial charge in [-0.15, -0.1) is 0 Å². The van der Waals surface area contributed by atoms with Crippen LogP contribution in [0.4, 0.5) is 0 Å². The van der Waals surface area contributed by atoms with Crippen LogP contribution in [0.5, 0.6) is 0 Å². The Balaban J connectivity index is 2.28. The van der Waals surface area contributed by atoms with Gasteiger partial charge in [-0.2, -0.15) is 5.10 Å². The Morgan fingerprint density at radius 3 is 2.84 bits per heavy atom. The first kappa shape index (κ1) is 14.2. The Kier molecular flexibility index (Phi) is 4.07. The molecule has 2 aromatic heterocycles. The fourth-order valence-electron chi connectivity index (χ4n) is 1.80. The Labute approximate surface area is 125 Å². The van der Waals surface area contributed by atoms with Gasteiger partial charge < -0.3 is 4.74 Å². The van der Waals surface area contributed by atoms with E-state index in [9.17, 15) is 4.79 Å². The maximum Gasteiger partial charge on any atom is 0.328 e. The fraction of sp³-hybridized carbons (Fsp3) is 0.462. The van der Waals surface area contributed by atoms with E-state index < -0.39 is 5.60 Å². The Morgan fingerprint density at radius 1 is 1.47 bits per heavy atom. The van der Waals surface area contributed by atoms with Crippen molar-refractivity contribution >= 4 is 39.5 Å². The van der Waals surface area contributed by atoms with E-state index in [0.29, 0.717) is 0 Å². The summed E-state index contributed by atoms with van der Waals surface area (Å²) in [5.41, 5.74) is 1.34. The molecular weight excluding hydrogens is 357 g/mol. The number of nitrogens with zero attached hydrogens (tertiary/aromatic N) is 3. The number of fused-ring (bicyclic) bond motifs is 1. The van der Waals surface area contributed by atoms with Crippen LogP contribution in [-0.2, 0) is 20.5 Å². The molecule has 6 heteroatoms. The summed E-state index contributed by atoms with van der Waals surface area (Å²) in [6, 6.07) is 1.92. The number of rotatable bonds is 3. The van der Waals surface area contributed by atoms with Crippen molar-refractivity contribution in [2.75, 3.05) is 0 Å². The Hall–Kier alpha value is -1.18. The summed E-state index contributed by atoms with van der Waals surface area (Å²) in [5, 5.41) is 5.48. The van der Waals surface area contributed by atoms with Gasteiger partial charge in [0.25, 0.3) is 0 Å². The van der Waals surface area contributed by atoms with Gasteiger partial charge >= 0.3 is 5.97 Å². The van der Waals surface area contributed by atoms with Crippen molar-refractivity contribution in [1.29, 1.82) is 0 Å². The van der Waals surface area contributed by atoms with Crippen LogP contribution in [0, 0.1) is 0 Å². The number of hydrogen-bond acceptors (Lipinski definition) is 4. The van der Waals surface area contributed by atoms with Crippen molar-refractivity contribution < 1.29 is 9.53 Å². The molecule has 0 aliphatic rings. The van der Waals surface area contributed by atoms with E-state index in [1.165, 1.54) is 0 Å². The average Bonchev–Trinajstić information content (AvgIpc) is 2.65. The van der Waals surface area contributed by atoms with Crippen molar-refractivity contribution in [3.63, 3.8) is 0 Å². The van der Waals surface area contributed by atoms with E-state index in [1.807, 2.05) is 26.8 Å². The van der Waals surface area contributed by atoms with E-state index in [0.717, 1.165) is 21.0 Å². The molecule has 0 spiro atoms. The van der Waals surface area contributed by atoms with Gasteiger partial charge in [0, 0.05) is 16.0 Å². The van der Waals surface area contributed by atoms with Crippen molar-refractivity contribution in [2.24, 2.45) is 0 Å². The zero-order valence-corrected chi connectivity index (χ0v) is 13.3. The molecule has 0 bridgehead atoms. The SMILES string of the molecule is CC(C)(C)OC(=O)Cn1nc(CI)c2ccncc21. The number of hydrogen-bond donors (Lipinski definition) is 0. The van der Waals surface area contributed by atoms with Crippen LogP contribution < -0.4 is 0 Å². The van der Waals surface area contributed by atoms with Gasteiger partial charge in [-0.1, -0.05) is 22.6 Å². The molecule has 19 heavy (non-hydrogen) atoms. The third-order valence-electron chi connectivity index (χ3n) is 2.46. The van der Waals surface area contributed by atoms with Gasteiger partial charge in [-0.3, -0.25) is 14.5 Å². The van der Waals surface area contributed by atoms with Gasteiger partial charge in [0.1, 0.15) is 12.1 Å². The average molecular weight is 373 g/mol. The minimum atomic E-state index is -0.482. The normalized spacial score (nSPS) is 11.8. The molecule has 0 aromatic carbocycles. The third-order valence-corrected chi connectivity index (χ3v) is 3.18. The molecule has 0 saturated heterocycles. The highest BCUT2D eigenvalue weighted by Crippen LogP contribution is 2.20. The standard InChI is InChI=1S/C13H16IN3O2/c1-13(2,3)19-12(18)8-17-11-7-15-5-4-9(11)10(6-14)16-17/h4-5,7H,6,8H2,1-3H3. The lowest BCUT2D eigenvalue weighted by atomic mass is 10.2. The number of carbonyl (C=O) groups is 1. The second-order valence-electron chi connectivity index (χ2n) is 5.22. The molecule has 0 aliphatic heterocycles. The fourth-order valence-corrected chi connectivity index (χ4v) is 2.37. The first-order valence-corrected chi connectivity index (χ1v) is 7.50. The van der Waals surface area contributed by atoms with E-state index in [-0.39, 0.29) is 12.5 Å². The van der Waals surface area contributed by atoms with Crippen molar-refractivity contribution in [3.8, 4) is 0 Å². The molecule has 0 fully saturated rings. The maximum atomic E-state index is 11.9. The van der Waals surface area contributed by atoms with Crippen molar-refractivity contribution in [1.82, 2.24) is 14.8 Å². The van der Waals surface area contributed by atoms with Crippen LogP contribution in [0.3, 0.4) is 0 Å². The Morgan fingerprint density at radius 2 is 2.21 bits per heavy atom. The third kappa shape index (κ3) is 3.43. The highest BCUT2D eigenvalue weighted by molar-refractivity contribution is 14.1. The minimum absolute atomic E-state index is 0.107. The molecule has 0 radical (unpaired) electrons. The molecule has 2 rings (SSSR count). The van der Waals surface area contributed by atoms with E-state index in [4.69, 9.17) is 4.74 Å². The lowest BCUT2D eigenvalue weighted by Gasteiger charge is -2.19. The van der Waals surface area contributed by atoms with Crippen LogP contribution >= 0.6 is 22.6 Å². The largest absolute Gasteiger partial charge is 0.459 e. The first-order valence-electron chi connectivity index (χ1n) is 5.98. The molecular formula is C13H16IN3O2. The summed E-state index contributed by atoms with van der Waals surface area (Å²) in [7, 11) is 0. The maximum absolute atomic E-state index is 11.9. The highest BCUT2D eigenvalue weighted by atomic mass is 127. The molecule has 2 aromatic rings. The molecule has 0 amide bonds. The second-order valence-corrected chi connectivity index (χ2v) is 5.98. The van der Waals surface area contributed by atoms with Crippen molar-refractivity contribution in [3.05, 3.63) is 24.2 Å². The molecule has 0 saturated carbocycles. The smallest absolute Gasteiger partial charge is 0.328 e. The van der Waals surface area contributed by atoms with E-state index >= 15 is 0 Å². The molecule has 0 unspecified atom stereocenters. The van der Waals surface area contributed by atoms with E-state index in [2.05, 4.69) is 32.7 Å². The van der Waals surface area contributed by atoms with Crippen LogP contribution in [0.15, 0.2) is 18.5 Å². The lowest BCUT2D eigenvalue weighted by molar-refractivity contribution is -0.155. The van der Waals surface area contributed by atoms with Gasteiger partial charge in [-0.05, 0) is 26.8 Å². The number of carbonyl (C=O) groups excluding carboxylic acids is 1. The number of halogens is 1. The predicted molar refractivity (Wildman–Crippen MR) is 81.1 cm³/mol. The topological polar surface area (TPSA) is 57.0 Å². The molecule has 0 atom stereocenters. The summed E-state index contributed by atoms with van der Waals surface area (Å²) in [5.74, 6) is -0.291. The molecule has 102 valence electrons. The lowest BCUT2D eigenvalue weighted by Crippen LogP contribution is -2.26. The number of esters is 1.